The van der Waals surface area contributed by atoms with Crippen LogP contribution < -0.4 is 0 Å². The molecule has 102 valence electrons. The maximum absolute atomic E-state index is 10.3. The number of aliphatic hydroxyl groups excluding tert-OH is 1. The molecule has 0 aliphatic carbocycles. The van der Waals surface area contributed by atoms with Crippen molar-refractivity contribution in [1.82, 2.24) is 4.98 Å². The largest absolute Gasteiger partial charge is 0.390 e. The number of benzene rings is 1. The normalized spacial score (nSPS) is 13.7. The van der Waals surface area contributed by atoms with Gasteiger partial charge in [-0.25, -0.2) is 0 Å². The first-order chi connectivity index (χ1) is 9.03. The van der Waals surface area contributed by atoms with Crippen molar-refractivity contribution in [2.75, 3.05) is 6.61 Å². The number of nitrogens with zero attached hydrogens (tertiary/aromatic N) is 1. The van der Waals surface area contributed by atoms with Crippen LogP contribution in [0.3, 0.4) is 0 Å². The van der Waals surface area contributed by atoms with Crippen LogP contribution in [0.4, 0.5) is 0 Å². The minimum Gasteiger partial charge on any atom is -0.390 e. The fourth-order valence-corrected chi connectivity index (χ4v) is 2.13. The van der Waals surface area contributed by atoms with Crippen molar-refractivity contribution in [3.63, 3.8) is 0 Å². The topological polar surface area (TPSA) is 42.4 Å². The van der Waals surface area contributed by atoms with Crippen LogP contribution in [-0.2, 0) is 11.2 Å². The van der Waals surface area contributed by atoms with Crippen molar-refractivity contribution in [2.24, 2.45) is 0 Å². The molecule has 1 heterocycles. The van der Waals surface area contributed by atoms with E-state index in [1.807, 2.05) is 57.2 Å². The molecule has 0 spiro atoms. The molecule has 0 aliphatic rings. The molecule has 3 heteroatoms. The highest BCUT2D eigenvalue weighted by Gasteiger charge is 2.28. The maximum Gasteiger partial charge on any atom is 0.0887 e. The molecule has 0 radical (unpaired) electrons. The van der Waals surface area contributed by atoms with E-state index in [4.69, 9.17) is 4.74 Å². The van der Waals surface area contributed by atoms with E-state index in [9.17, 15) is 5.11 Å². The van der Waals surface area contributed by atoms with Crippen LogP contribution in [0.25, 0.3) is 10.9 Å². The first kappa shape index (κ1) is 14.0. The molecule has 3 nitrogen and oxygen atoms in total. The molecule has 0 amide bonds. The van der Waals surface area contributed by atoms with Gasteiger partial charge in [-0.2, -0.15) is 0 Å². The Morgan fingerprint density at radius 3 is 2.68 bits per heavy atom. The Bertz CT molecular complexity index is 551. The second kappa shape index (κ2) is 5.68. The number of aliphatic hydroxyl groups is 1. The van der Waals surface area contributed by atoms with Crippen LogP contribution in [0.1, 0.15) is 26.5 Å². The zero-order chi connectivity index (χ0) is 13.9. The fraction of sp³-hybridized carbons (Fsp3) is 0.438. The summed E-state index contributed by atoms with van der Waals surface area (Å²) in [5.41, 5.74) is 1.29. The van der Waals surface area contributed by atoms with Crippen molar-refractivity contribution >= 4 is 10.9 Å². The summed E-state index contributed by atoms with van der Waals surface area (Å²) in [5, 5.41) is 11.4. The molecule has 1 atom stereocenters. The smallest absolute Gasteiger partial charge is 0.0887 e. The van der Waals surface area contributed by atoms with Gasteiger partial charge >= 0.3 is 0 Å². The molecule has 1 N–H and O–H groups in total. The Kier molecular flexibility index (Phi) is 4.17. The highest BCUT2D eigenvalue weighted by atomic mass is 16.5. The summed E-state index contributed by atoms with van der Waals surface area (Å²) in [6, 6.07) is 12.0. The molecular weight excluding hydrogens is 238 g/mol. The van der Waals surface area contributed by atoms with E-state index in [0.29, 0.717) is 13.0 Å². The highest BCUT2D eigenvalue weighted by Crippen LogP contribution is 2.19. The van der Waals surface area contributed by atoms with E-state index >= 15 is 0 Å². The van der Waals surface area contributed by atoms with Gasteiger partial charge in [-0.05, 0) is 32.9 Å². The summed E-state index contributed by atoms with van der Waals surface area (Å²) in [5.74, 6) is 0. The van der Waals surface area contributed by atoms with Crippen LogP contribution in [0.5, 0.6) is 0 Å². The highest BCUT2D eigenvalue weighted by molar-refractivity contribution is 5.78. The van der Waals surface area contributed by atoms with Crippen LogP contribution in [0.2, 0.25) is 0 Å². The number of fused-ring (bicyclic) bond motifs is 1. The Morgan fingerprint density at radius 2 is 1.95 bits per heavy atom. The van der Waals surface area contributed by atoms with Gasteiger partial charge in [0.1, 0.15) is 0 Å². The van der Waals surface area contributed by atoms with Gasteiger partial charge in [-0.3, -0.25) is 4.98 Å². The van der Waals surface area contributed by atoms with E-state index in [0.717, 1.165) is 16.6 Å². The van der Waals surface area contributed by atoms with Gasteiger partial charge in [-0.15, -0.1) is 0 Å². The molecule has 1 unspecified atom stereocenters. The Morgan fingerprint density at radius 1 is 1.21 bits per heavy atom. The quantitative estimate of drug-likeness (QED) is 0.897. The maximum atomic E-state index is 10.3. The molecule has 2 rings (SSSR count). The van der Waals surface area contributed by atoms with Crippen molar-refractivity contribution in [1.29, 1.82) is 0 Å². The monoisotopic (exact) mass is 259 g/mol. The molecule has 2 aromatic rings. The van der Waals surface area contributed by atoms with Crippen LogP contribution in [0, 0.1) is 0 Å². The number of para-hydroxylation sites is 1. The minimum absolute atomic E-state index is 0.498. The number of hydrogen-bond donors (Lipinski definition) is 1. The fourth-order valence-electron chi connectivity index (χ4n) is 2.13. The Hall–Kier alpha value is -1.45. The van der Waals surface area contributed by atoms with Gasteiger partial charge in [-0.1, -0.05) is 24.3 Å². The van der Waals surface area contributed by atoms with Crippen molar-refractivity contribution in [3.05, 3.63) is 42.1 Å². The van der Waals surface area contributed by atoms with Gasteiger partial charge in [0.05, 0.1) is 17.2 Å². The predicted octanol–water partition coefficient (Wildman–Crippen LogP) is 2.95. The van der Waals surface area contributed by atoms with Gasteiger partial charge in [0.15, 0.2) is 0 Å². The lowest BCUT2D eigenvalue weighted by Gasteiger charge is -2.30. The minimum atomic E-state index is -0.568. The molecule has 1 aromatic heterocycles. The van der Waals surface area contributed by atoms with Crippen molar-refractivity contribution in [3.8, 4) is 0 Å². The SMILES string of the molecule is CCOC(C)(C)C(O)Cc1ccc2ccccc2n1. The summed E-state index contributed by atoms with van der Waals surface area (Å²) in [6.45, 7) is 6.34. The second-order valence-corrected chi connectivity index (χ2v) is 5.25. The predicted molar refractivity (Wildman–Crippen MR) is 77.2 cm³/mol. The van der Waals surface area contributed by atoms with Crippen molar-refractivity contribution in [2.45, 2.75) is 38.9 Å². The molecule has 0 aliphatic heterocycles. The Balaban J connectivity index is 2.17. The third-order valence-corrected chi connectivity index (χ3v) is 3.38. The third kappa shape index (κ3) is 3.31. The summed E-state index contributed by atoms with van der Waals surface area (Å²) >= 11 is 0. The molecule has 0 saturated heterocycles. The van der Waals surface area contributed by atoms with Crippen LogP contribution in [0.15, 0.2) is 36.4 Å². The van der Waals surface area contributed by atoms with Gasteiger partial charge < -0.3 is 9.84 Å². The Labute approximate surface area is 114 Å². The standard InChI is InChI=1S/C16H21NO2/c1-4-19-16(2,3)15(18)11-13-10-9-12-7-5-6-8-14(12)17-13/h5-10,15,18H,4,11H2,1-3H3. The number of ether oxygens (including phenoxy) is 1. The molecule has 19 heavy (non-hydrogen) atoms. The van der Waals surface area contributed by atoms with E-state index in [1.165, 1.54) is 0 Å². The van der Waals surface area contributed by atoms with Gasteiger partial charge in [0.2, 0.25) is 0 Å². The van der Waals surface area contributed by atoms with E-state index in [1.54, 1.807) is 0 Å². The van der Waals surface area contributed by atoms with Crippen LogP contribution in [-0.4, -0.2) is 28.4 Å². The summed E-state index contributed by atoms with van der Waals surface area (Å²) in [7, 11) is 0. The molecule has 0 bridgehead atoms. The third-order valence-electron chi connectivity index (χ3n) is 3.38. The first-order valence-electron chi connectivity index (χ1n) is 6.69. The average molecular weight is 259 g/mol. The summed E-state index contributed by atoms with van der Waals surface area (Å²) < 4.78 is 5.57. The zero-order valence-corrected chi connectivity index (χ0v) is 11.8. The molecule has 0 saturated carbocycles. The molecular formula is C16H21NO2. The molecule has 0 fully saturated rings. The number of aromatic nitrogens is 1. The number of hydrogen-bond acceptors (Lipinski definition) is 3. The zero-order valence-electron chi connectivity index (χ0n) is 11.8. The summed E-state index contributed by atoms with van der Waals surface area (Å²) in [4.78, 5) is 4.57. The summed E-state index contributed by atoms with van der Waals surface area (Å²) in [6.07, 6.45) is -0.0706. The lowest BCUT2D eigenvalue weighted by molar-refractivity contribution is -0.0957. The van der Waals surface area contributed by atoms with Gasteiger partial charge in [0, 0.05) is 24.1 Å². The second-order valence-electron chi connectivity index (χ2n) is 5.25. The lowest BCUT2D eigenvalue weighted by Crippen LogP contribution is -2.40. The number of rotatable bonds is 5. The van der Waals surface area contributed by atoms with Crippen molar-refractivity contribution < 1.29 is 9.84 Å². The van der Waals surface area contributed by atoms with E-state index in [-0.39, 0.29) is 0 Å². The lowest BCUT2D eigenvalue weighted by atomic mass is 9.96. The first-order valence-corrected chi connectivity index (χ1v) is 6.69. The van der Waals surface area contributed by atoms with Crippen LogP contribution >= 0.6 is 0 Å². The number of pyridine rings is 1. The van der Waals surface area contributed by atoms with Gasteiger partial charge in [0.25, 0.3) is 0 Å². The van der Waals surface area contributed by atoms with E-state index in [2.05, 4.69) is 4.98 Å². The molecule has 1 aromatic carbocycles. The van der Waals surface area contributed by atoms with E-state index < -0.39 is 11.7 Å². The average Bonchev–Trinajstić information content (AvgIpc) is 2.38.